The predicted molar refractivity (Wildman–Crippen MR) is 32.7 cm³/mol. The smallest absolute Gasteiger partial charge is 0.193 e. The second kappa shape index (κ2) is 2.62. The maximum atomic E-state index is 5.35. The first-order chi connectivity index (χ1) is 4.33. The molecule has 1 rings (SSSR count). The highest BCUT2D eigenvalue weighted by molar-refractivity contribution is 4.75. The number of rotatable bonds is 2. The number of ether oxygens (including phenoxy) is 2. The van der Waals surface area contributed by atoms with Crippen molar-refractivity contribution in [1.82, 2.24) is 0 Å². The molecular weight excluding hydrogens is 120 g/mol. The van der Waals surface area contributed by atoms with Crippen molar-refractivity contribution in [3.63, 3.8) is 0 Å². The van der Waals surface area contributed by atoms with Crippen LogP contribution in [0.4, 0.5) is 0 Å². The molecule has 4 N–H and O–H groups in total. The van der Waals surface area contributed by atoms with Crippen molar-refractivity contribution in [3.05, 3.63) is 0 Å². The Morgan fingerprint density at radius 1 is 1.11 bits per heavy atom. The molecule has 0 bridgehead atoms. The minimum absolute atomic E-state index is 0.337. The summed E-state index contributed by atoms with van der Waals surface area (Å²) in [4.78, 5) is 0. The Kier molecular flexibility index (Phi) is 2.02. The molecule has 1 saturated heterocycles. The number of hydrogen-bond acceptors (Lipinski definition) is 4. The van der Waals surface area contributed by atoms with Crippen LogP contribution in [0.2, 0.25) is 0 Å². The third-order valence-corrected chi connectivity index (χ3v) is 1.44. The van der Waals surface area contributed by atoms with Gasteiger partial charge in [0.2, 0.25) is 0 Å². The van der Waals surface area contributed by atoms with Crippen LogP contribution < -0.4 is 11.5 Å². The van der Waals surface area contributed by atoms with Crippen LogP contribution in [0.15, 0.2) is 0 Å². The van der Waals surface area contributed by atoms with Gasteiger partial charge in [-0.1, -0.05) is 0 Å². The molecule has 4 nitrogen and oxygen atoms in total. The second-order valence-corrected chi connectivity index (χ2v) is 2.02. The Morgan fingerprint density at radius 3 is 1.78 bits per heavy atom. The highest BCUT2D eigenvalue weighted by atomic mass is 16.7. The Balaban J connectivity index is 2.45. The average molecular weight is 132 g/mol. The van der Waals surface area contributed by atoms with E-state index < -0.39 is 5.79 Å². The van der Waals surface area contributed by atoms with Gasteiger partial charge < -0.3 is 20.9 Å². The van der Waals surface area contributed by atoms with E-state index in [1.165, 1.54) is 0 Å². The Bertz CT molecular complexity index is 85.0. The molecule has 0 aromatic heterocycles. The normalized spacial score (nSPS) is 24.7. The summed E-state index contributed by atoms with van der Waals surface area (Å²) in [5, 5.41) is 0. The zero-order valence-electron chi connectivity index (χ0n) is 5.30. The van der Waals surface area contributed by atoms with Gasteiger partial charge in [-0.3, -0.25) is 0 Å². The van der Waals surface area contributed by atoms with Crippen LogP contribution in [-0.2, 0) is 9.47 Å². The summed E-state index contributed by atoms with van der Waals surface area (Å²) in [6.45, 7) is 1.88. The van der Waals surface area contributed by atoms with Crippen LogP contribution >= 0.6 is 0 Å². The molecule has 0 aromatic carbocycles. The molecule has 0 aromatic rings. The van der Waals surface area contributed by atoms with E-state index in [9.17, 15) is 0 Å². The van der Waals surface area contributed by atoms with Gasteiger partial charge in [-0.05, 0) is 0 Å². The van der Waals surface area contributed by atoms with E-state index in [2.05, 4.69) is 0 Å². The fourth-order valence-electron chi connectivity index (χ4n) is 0.816. The van der Waals surface area contributed by atoms with E-state index in [1.807, 2.05) is 0 Å². The summed E-state index contributed by atoms with van der Waals surface area (Å²) >= 11 is 0. The fraction of sp³-hybridized carbons (Fsp3) is 1.00. The molecule has 54 valence electrons. The molecule has 1 aliphatic heterocycles. The SMILES string of the molecule is NCC1(CN)OCCO1. The lowest BCUT2D eigenvalue weighted by atomic mass is 10.3. The van der Waals surface area contributed by atoms with Crippen molar-refractivity contribution in [2.45, 2.75) is 5.79 Å². The first kappa shape index (κ1) is 6.95. The van der Waals surface area contributed by atoms with E-state index in [1.54, 1.807) is 0 Å². The first-order valence-electron chi connectivity index (χ1n) is 3.01. The van der Waals surface area contributed by atoms with E-state index in [0.717, 1.165) is 0 Å². The van der Waals surface area contributed by atoms with E-state index in [4.69, 9.17) is 20.9 Å². The molecule has 0 spiro atoms. The first-order valence-corrected chi connectivity index (χ1v) is 3.01. The zero-order valence-corrected chi connectivity index (χ0v) is 5.30. The standard InChI is InChI=1S/C5H12N2O2/c6-3-5(4-7)8-1-2-9-5/h1-4,6-7H2. The van der Waals surface area contributed by atoms with Crippen molar-refractivity contribution in [1.29, 1.82) is 0 Å². The van der Waals surface area contributed by atoms with Crippen LogP contribution in [0, 0.1) is 0 Å². The van der Waals surface area contributed by atoms with Gasteiger partial charge in [0.1, 0.15) is 0 Å². The maximum absolute atomic E-state index is 5.35. The molecule has 1 aliphatic rings. The van der Waals surface area contributed by atoms with Gasteiger partial charge in [-0.25, -0.2) is 0 Å². The lowest BCUT2D eigenvalue weighted by Crippen LogP contribution is -2.45. The molecule has 0 radical (unpaired) electrons. The van der Waals surface area contributed by atoms with E-state index in [-0.39, 0.29) is 0 Å². The molecule has 0 amide bonds. The van der Waals surface area contributed by atoms with Gasteiger partial charge in [-0.15, -0.1) is 0 Å². The Labute approximate surface area is 54.1 Å². The molecule has 4 heteroatoms. The number of nitrogens with two attached hydrogens (primary N) is 2. The number of hydrogen-bond donors (Lipinski definition) is 2. The van der Waals surface area contributed by atoms with Crippen LogP contribution in [0.3, 0.4) is 0 Å². The summed E-state index contributed by atoms with van der Waals surface area (Å²) in [5.74, 6) is -0.667. The Morgan fingerprint density at radius 2 is 1.56 bits per heavy atom. The Hall–Kier alpha value is -0.160. The lowest BCUT2D eigenvalue weighted by Gasteiger charge is -2.22. The largest absolute Gasteiger partial charge is 0.345 e. The van der Waals surface area contributed by atoms with Crippen molar-refractivity contribution in [3.8, 4) is 0 Å². The summed E-state index contributed by atoms with van der Waals surface area (Å²) in [5.41, 5.74) is 10.7. The van der Waals surface area contributed by atoms with Crippen molar-refractivity contribution in [2.75, 3.05) is 26.3 Å². The van der Waals surface area contributed by atoms with Crippen molar-refractivity contribution < 1.29 is 9.47 Å². The summed E-state index contributed by atoms with van der Waals surface area (Å²) in [6.07, 6.45) is 0. The molecule has 0 unspecified atom stereocenters. The minimum Gasteiger partial charge on any atom is -0.345 e. The average Bonchev–Trinajstić information content (AvgIpc) is 2.36. The van der Waals surface area contributed by atoms with Crippen LogP contribution in [0.1, 0.15) is 0 Å². The summed E-state index contributed by atoms with van der Waals surface area (Å²) in [7, 11) is 0. The molecule has 1 fully saturated rings. The second-order valence-electron chi connectivity index (χ2n) is 2.02. The fourth-order valence-corrected chi connectivity index (χ4v) is 0.816. The molecule has 1 heterocycles. The molecule has 9 heavy (non-hydrogen) atoms. The maximum Gasteiger partial charge on any atom is 0.193 e. The molecular formula is C5H12N2O2. The van der Waals surface area contributed by atoms with Gasteiger partial charge in [0, 0.05) is 13.1 Å². The lowest BCUT2D eigenvalue weighted by molar-refractivity contribution is -0.139. The topological polar surface area (TPSA) is 70.5 Å². The van der Waals surface area contributed by atoms with E-state index >= 15 is 0 Å². The van der Waals surface area contributed by atoms with Gasteiger partial charge in [0.05, 0.1) is 13.2 Å². The highest BCUT2D eigenvalue weighted by Gasteiger charge is 2.33. The monoisotopic (exact) mass is 132 g/mol. The predicted octanol–water partition coefficient (Wildman–Crippen LogP) is -1.35. The van der Waals surface area contributed by atoms with Crippen molar-refractivity contribution >= 4 is 0 Å². The van der Waals surface area contributed by atoms with Gasteiger partial charge in [0.15, 0.2) is 5.79 Å². The quantitative estimate of drug-likeness (QED) is 0.487. The van der Waals surface area contributed by atoms with Gasteiger partial charge in [0.25, 0.3) is 0 Å². The molecule has 0 aliphatic carbocycles. The molecule has 0 atom stereocenters. The minimum atomic E-state index is -0.667. The van der Waals surface area contributed by atoms with Crippen molar-refractivity contribution in [2.24, 2.45) is 11.5 Å². The zero-order chi connectivity index (χ0) is 6.74. The highest BCUT2D eigenvalue weighted by Crippen LogP contribution is 2.15. The third kappa shape index (κ3) is 1.21. The third-order valence-electron chi connectivity index (χ3n) is 1.44. The van der Waals surface area contributed by atoms with Crippen LogP contribution in [0.5, 0.6) is 0 Å². The summed E-state index contributed by atoms with van der Waals surface area (Å²) in [6, 6.07) is 0. The van der Waals surface area contributed by atoms with Gasteiger partial charge in [-0.2, -0.15) is 0 Å². The summed E-state index contributed by atoms with van der Waals surface area (Å²) < 4.78 is 10.3. The van der Waals surface area contributed by atoms with Gasteiger partial charge >= 0.3 is 0 Å². The van der Waals surface area contributed by atoms with Crippen LogP contribution in [0.25, 0.3) is 0 Å². The molecule has 0 saturated carbocycles. The van der Waals surface area contributed by atoms with Crippen LogP contribution in [-0.4, -0.2) is 32.1 Å². The van der Waals surface area contributed by atoms with E-state index in [0.29, 0.717) is 26.3 Å².